The highest BCUT2D eigenvalue weighted by molar-refractivity contribution is 6.00. The van der Waals surface area contributed by atoms with Crippen LogP contribution in [0.3, 0.4) is 0 Å². The van der Waals surface area contributed by atoms with Gasteiger partial charge < -0.3 is 19.3 Å². The van der Waals surface area contributed by atoms with Gasteiger partial charge in [-0.15, -0.1) is 0 Å². The first-order valence-corrected chi connectivity index (χ1v) is 8.28. The Morgan fingerprint density at radius 1 is 0.963 bits per heavy atom. The van der Waals surface area contributed by atoms with Crippen LogP contribution in [0, 0.1) is 0 Å². The van der Waals surface area contributed by atoms with Crippen LogP contribution in [-0.4, -0.2) is 37.7 Å². The van der Waals surface area contributed by atoms with E-state index < -0.39 is 11.8 Å². The van der Waals surface area contributed by atoms with E-state index in [4.69, 9.17) is 14.2 Å². The zero-order valence-electron chi connectivity index (χ0n) is 15.4. The highest BCUT2D eigenvalue weighted by Gasteiger charge is 2.15. The molecule has 0 saturated heterocycles. The predicted octanol–water partition coefficient (Wildman–Crippen LogP) is 2.27. The number of carbonyl (C=O) groups is 2. The van der Waals surface area contributed by atoms with Crippen LogP contribution in [0.25, 0.3) is 0 Å². The highest BCUT2D eigenvalue weighted by atomic mass is 16.5. The van der Waals surface area contributed by atoms with Gasteiger partial charge in [0, 0.05) is 11.6 Å². The normalized spacial score (nSPS) is 10.0. The van der Waals surface area contributed by atoms with Gasteiger partial charge in [-0.1, -0.05) is 6.92 Å². The Bertz CT molecular complexity index is 822. The van der Waals surface area contributed by atoms with Crippen molar-refractivity contribution in [3.63, 3.8) is 0 Å². The van der Waals surface area contributed by atoms with Crippen LogP contribution in [0.15, 0.2) is 36.4 Å². The quantitative estimate of drug-likeness (QED) is 0.642. The smallest absolute Gasteiger partial charge is 0.273 e. The predicted molar refractivity (Wildman–Crippen MR) is 98.4 cm³/mol. The van der Waals surface area contributed by atoms with E-state index in [9.17, 15) is 14.7 Å². The summed E-state index contributed by atoms with van der Waals surface area (Å²) < 4.78 is 15.7. The first-order valence-electron chi connectivity index (χ1n) is 8.28. The molecule has 0 bridgehead atoms. The molecule has 0 radical (unpaired) electrons. The van der Waals surface area contributed by atoms with Crippen molar-refractivity contribution in [1.29, 1.82) is 0 Å². The fourth-order valence-electron chi connectivity index (χ4n) is 2.22. The lowest BCUT2D eigenvalue weighted by molar-refractivity contribution is 0.0844. The van der Waals surface area contributed by atoms with E-state index in [1.54, 1.807) is 12.1 Å². The summed E-state index contributed by atoms with van der Waals surface area (Å²) in [7, 11) is 2.92. The third-order valence-corrected chi connectivity index (χ3v) is 3.63. The summed E-state index contributed by atoms with van der Waals surface area (Å²) >= 11 is 0. The molecule has 0 aliphatic heterocycles. The number of benzene rings is 2. The number of nitrogens with one attached hydrogen (secondary N) is 2. The van der Waals surface area contributed by atoms with Crippen LogP contribution in [0.1, 0.15) is 34.1 Å². The molecule has 0 atom stereocenters. The molecule has 0 aliphatic rings. The summed E-state index contributed by atoms with van der Waals surface area (Å²) in [6.07, 6.45) is 0.843. The first kappa shape index (κ1) is 19.9. The third-order valence-electron chi connectivity index (χ3n) is 3.63. The largest absolute Gasteiger partial charge is 0.507 e. The number of hydrogen-bond acceptors (Lipinski definition) is 6. The van der Waals surface area contributed by atoms with Crippen molar-refractivity contribution in [2.24, 2.45) is 0 Å². The Morgan fingerprint density at radius 2 is 1.70 bits per heavy atom. The second-order valence-electron chi connectivity index (χ2n) is 5.51. The molecule has 2 aromatic carbocycles. The number of carbonyl (C=O) groups excluding carboxylic acids is 2. The Hall–Kier alpha value is -3.42. The number of aromatic hydroxyl groups is 1. The number of hydrogen-bond donors (Lipinski definition) is 3. The molecule has 27 heavy (non-hydrogen) atoms. The molecule has 0 spiro atoms. The van der Waals surface area contributed by atoms with Crippen LogP contribution >= 0.6 is 0 Å². The SMILES string of the molecule is CCCOc1ccc(C(=O)NNC(=O)c2ccc(OC)cc2O)cc1OC. The molecule has 0 aromatic heterocycles. The minimum Gasteiger partial charge on any atom is -0.507 e. The van der Waals surface area contributed by atoms with Crippen molar-refractivity contribution in [3.8, 4) is 23.0 Å². The summed E-state index contributed by atoms with van der Waals surface area (Å²) in [4.78, 5) is 24.4. The molecule has 2 rings (SSSR count). The first-order chi connectivity index (χ1) is 13.0. The van der Waals surface area contributed by atoms with E-state index in [1.165, 1.54) is 38.5 Å². The minimum atomic E-state index is -0.668. The number of phenolic OH excluding ortho intramolecular Hbond substituents is 1. The average Bonchev–Trinajstić information content (AvgIpc) is 2.69. The highest BCUT2D eigenvalue weighted by Crippen LogP contribution is 2.28. The lowest BCUT2D eigenvalue weighted by atomic mass is 10.2. The van der Waals surface area contributed by atoms with Gasteiger partial charge in [-0.05, 0) is 36.8 Å². The summed E-state index contributed by atoms with van der Waals surface area (Å²) in [6, 6.07) is 8.91. The molecule has 0 heterocycles. The van der Waals surface area contributed by atoms with Gasteiger partial charge >= 0.3 is 0 Å². The van der Waals surface area contributed by atoms with E-state index in [-0.39, 0.29) is 16.9 Å². The maximum Gasteiger partial charge on any atom is 0.273 e. The van der Waals surface area contributed by atoms with E-state index in [0.29, 0.717) is 23.9 Å². The zero-order valence-corrected chi connectivity index (χ0v) is 15.4. The number of ether oxygens (including phenoxy) is 3. The van der Waals surface area contributed by atoms with Crippen molar-refractivity contribution in [2.75, 3.05) is 20.8 Å². The van der Waals surface area contributed by atoms with Gasteiger partial charge in [0.05, 0.1) is 26.4 Å². The van der Waals surface area contributed by atoms with Gasteiger partial charge in [0.1, 0.15) is 11.5 Å². The number of methoxy groups -OCH3 is 2. The Balaban J connectivity index is 2.03. The fraction of sp³-hybridized carbons (Fsp3) is 0.263. The Morgan fingerprint density at radius 3 is 2.33 bits per heavy atom. The van der Waals surface area contributed by atoms with Gasteiger partial charge in [0.15, 0.2) is 11.5 Å². The average molecular weight is 374 g/mol. The second-order valence-corrected chi connectivity index (χ2v) is 5.51. The standard InChI is InChI=1S/C19H22N2O6/c1-4-9-27-16-8-5-12(10-17(16)26-3)18(23)20-21-19(24)14-7-6-13(25-2)11-15(14)22/h5-8,10-11,22H,4,9H2,1-3H3,(H,20,23)(H,21,24). The summed E-state index contributed by atoms with van der Waals surface area (Å²) in [6.45, 7) is 2.51. The number of phenols is 1. The molecule has 0 saturated carbocycles. The van der Waals surface area contributed by atoms with E-state index in [2.05, 4.69) is 10.9 Å². The van der Waals surface area contributed by atoms with Crippen molar-refractivity contribution in [2.45, 2.75) is 13.3 Å². The van der Waals surface area contributed by atoms with E-state index >= 15 is 0 Å². The van der Waals surface area contributed by atoms with Crippen molar-refractivity contribution >= 4 is 11.8 Å². The second kappa shape index (κ2) is 9.33. The van der Waals surface area contributed by atoms with Crippen LogP contribution in [-0.2, 0) is 0 Å². The summed E-state index contributed by atoms with van der Waals surface area (Å²) in [5.74, 6) is -0.126. The van der Waals surface area contributed by atoms with Crippen molar-refractivity contribution in [3.05, 3.63) is 47.5 Å². The molecule has 144 valence electrons. The number of rotatable bonds is 7. The van der Waals surface area contributed by atoms with Gasteiger partial charge in [-0.2, -0.15) is 0 Å². The Kier molecular flexibility index (Phi) is 6.87. The topological polar surface area (TPSA) is 106 Å². The summed E-state index contributed by atoms with van der Waals surface area (Å²) in [5, 5.41) is 9.86. The maximum absolute atomic E-state index is 12.3. The van der Waals surface area contributed by atoms with Gasteiger partial charge in [-0.3, -0.25) is 20.4 Å². The van der Waals surface area contributed by atoms with Crippen molar-refractivity contribution in [1.82, 2.24) is 10.9 Å². The molecule has 8 nitrogen and oxygen atoms in total. The molecule has 8 heteroatoms. The molecule has 0 unspecified atom stereocenters. The fourth-order valence-corrected chi connectivity index (χ4v) is 2.22. The van der Waals surface area contributed by atoms with Crippen LogP contribution in [0.4, 0.5) is 0 Å². The van der Waals surface area contributed by atoms with Gasteiger partial charge in [-0.25, -0.2) is 0 Å². The van der Waals surface area contributed by atoms with Gasteiger partial charge in [0.2, 0.25) is 0 Å². The number of hydrazine groups is 1. The molecule has 0 fully saturated rings. The van der Waals surface area contributed by atoms with Gasteiger partial charge in [0.25, 0.3) is 11.8 Å². The molecule has 2 amide bonds. The molecular weight excluding hydrogens is 352 g/mol. The maximum atomic E-state index is 12.3. The molecular formula is C19H22N2O6. The minimum absolute atomic E-state index is 0.00278. The lowest BCUT2D eigenvalue weighted by Crippen LogP contribution is -2.41. The zero-order chi connectivity index (χ0) is 19.8. The third kappa shape index (κ3) is 5.04. The van der Waals surface area contributed by atoms with Crippen LogP contribution in [0.5, 0.6) is 23.0 Å². The van der Waals surface area contributed by atoms with E-state index in [1.807, 2.05) is 6.92 Å². The number of amides is 2. The Labute approximate surface area is 157 Å². The van der Waals surface area contributed by atoms with Crippen LogP contribution in [0.2, 0.25) is 0 Å². The van der Waals surface area contributed by atoms with Crippen LogP contribution < -0.4 is 25.1 Å². The monoisotopic (exact) mass is 374 g/mol. The van der Waals surface area contributed by atoms with E-state index in [0.717, 1.165) is 6.42 Å². The summed E-state index contributed by atoms with van der Waals surface area (Å²) in [5.41, 5.74) is 4.81. The van der Waals surface area contributed by atoms with Crippen molar-refractivity contribution < 1.29 is 28.9 Å². The molecule has 2 aromatic rings. The molecule has 3 N–H and O–H groups in total. The molecule has 0 aliphatic carbocycles. The lowest BCUT2D eigenvalue weighted by Gasteiger charge is -2.12.